The summed E-state index contributed by atoms with van der Waals surface area (Å²) in [4.78, 5) is 35.3. The molecule has 0 aliphatic heterocycles. The van der Waals surface area contributed by atoms with E-state index in [9.17, 15) is 19.7 Å². The van der Waals surface area contributed by atoms with Crippen molar-refractivity contribution in [1.82, 2.24) is 36.4 Å². The fourth-order valence-electron chi connectivity index (χ4n) is 2.27. The molecule has 0 atom stereocenters. The van der Waals surface area contributed by atoms with E-state index in [1.807, 2.05) is 30.3 Å². The monoisotopic (exact) mass is 426 g/mol. The summed E-state index contributed by atoms with van der Waals surface area (Å²) >= 11 is 4.92. The van der Waals surface area contributed by atoms with Crippen LogP contribution < -0.4 is 16.2 Å². The number of benzene rings is 2. The number of hydrogen-bond acceptors (Lipinski definition) is 8. The van der Waals surface area contributed by atoms with Gasteiger partial charge in [0.05, 0.1) is 4.92 Å². The van der Waals surface area contributed by atoms with E-state index in [0.717, 1.165) is 16.4 Å². The number of amides is 2. The van der Waals surface area contributed by atoms with Crippen molar-refractivity contribution < 1.29 is 14.5 Å². The second kappa shape index (κ2) is 9.29. The molecule has 12 nitrogen and oxygen atoms in total. The molecule has 0 spiro atoms. The van der Waals surface area contributed by atoms with Gasteiger partial charge in [0.25, 0.3) is 17.5 Å². The normalized spacial score (nSPS) is 10.1. The van der Waals surface area contributed by atoms with Gasteiger partial charge < -0.3 is 0 Å². The van der Waals surface area contributed by atoms with Crippen molar-refractivity contribution in [2.45, 2.75) is 6.54 Å². The Hall–Kier alpha value is -4.26. The fraction of sp³-hybridized carbons (Fsp3) is 0.0588. The van der Waals surface area contributed by atoms with Crippen LogP contribution in [0.25, 0.3) is 11.4 Å². The number of carbonyl (C=O) groups is 2. The first-order valence-electron chi connectivity index (χ1n) is 8.40. The first-order valence-corrected chi connectivity index (χ1v) is 8.81. The van der Waals surface area contributed by atoms with E-state index in [0.29, 0.717) is 5.82 Å². The van der Waals surface area contributed by atoms with Crippen LogP contribution in [0.1, 0.15) is 10.4 Å². The number of tetrazole rings is 1. The molecule has 0 saturated carbocycles. The smallest absolute Gasteiger partial charge is 0.270 e. The summed E-state index contributed by atoms with van der Waals surface area (Å²) in [5.74, 6) is -0.842. The average Bonchev–Trinajstić information content (AvgIpc) is 3.21. The Bertz CT molecular complexity index is 1100. The minimum Gasteiger partial charge on any atom is -0.298 e. The maximum absolute atomic E-state index is 12.1. The quantitative estimate of drug-likeness (QED) is 0.302. The Balaban J connectivity index is 1.48. The fourth-order valence-corrected chi connectivity index (χ4v) is 2.42. The lowest BCUT2D eigenvalue weighted by molar-refractivity contribution is -0.384. The molecule has 0 fully saturated rings. The van der Waals surface area contributed by atoms with Crippen LogP contribution in [0, 0.1) is 10.1 Å². The molecule has 152 valence electrons. The second-order valence-corrected chi connectivity index (χ2v) is 6.18. The molecule has 0 unspecified atom stereocenters. The molecule has 2 aromatic carbocycles. The van der Waals surface area contributed by atoms with Gasteiger partial charge in [-0.1, -0.05) is 36.4 Å². The minimum absolute atomic E-state index is 0.0416. The second-order valence-electron chi connectivity index (χ2n) is 5.77. The summed E-state index contributed by atoms with van der Waals surface area (Å²) in [6.07, 6.45) is 0. The largest absolute Gasteiger partial charge is 0.298 e. The van der Waals surface area contributed by atoms with Gasteiger partial charge in [0.1, 0.15) is 6.54 Å². The highest BCUT2D eigenvalue weighted by Gasteiger charge is 2.13. The molecule has 1 aromatic heterocycles. The van der Waals surface area contributed by atoms with Gasteiger partial charge in [0.2, 0.25) is 5.82 Å². The summed E-state index contributed by atoms with van der Waals surface area (Å²) in [5.41, 5.74) is 5.21. The molecule has 1 heterocycles. The summed E-state index contributed by atoms with van der Waals surface area (Å²) in [6.45, 7) is -0.242. The molecule has 3 rings (SSSR count). The van der Waals surface area contributed by atoms with Crippen molar-refractivity contribution in [2.75, 3.05) is 0 Å². The van der Waals surface area contributed by atoms with Crippen molar-refractivity contribution in [3.05, 3.63) is 70.3 Å². The van der Waals surface area contributed by atoms with Gasteiger partial charge in [-0.25, -0.2) is 0 Å². The van der Waals surface area contributed by atoms with E-state index in [4.69, 9.17) is 12.2 Å². The van der Waals surface area contributed by atoms with Crippen LogP contribution in [0.2, 0.25) is 0 Å². The highest BCUT2D eigenvalue weighted by Crippen LogP contribution is 2.13. The number of nitro benzene ring substituents is 1. The molecule has 0 radical (unpaired) electrons. The number of rotatable bonds is 5. The predicted molar refractivity (Wildman–Crippen MR) is 108 cm³/mol. The zero-order chi connectivity index (χ0) is 21.5. The molecule has 2 amide bonds. The maximum Gasteiger partial charge on any atom is 0.270 e. The van der Waals surface area contributed by atoms with Crippen molar-refractivity contribution in [1.29, 1.82) is 0 Å². The number of non-ortho nitro benzene ring substituents is 1. The minimum atomic E-state index is -0.670. The molecular weight excluding hydrogens is 412 g/mol. The van der Waals surface area contributed by atoms with E-state index < -0.39 is 16.7 Å². The van der Waals surface area contributed by atoms with Gasteiger partial charge in [-0.15, -0.1) is 10.2 Å². The Morgan fingerprint density at radius 2 is 1.87 bits per heavy atom. The van der Waals surface area contributed by atoms with Gasteiger partial charge in [-0.2, -0.15) is 4.80 Å². The Morgan fingerprint density at radius 3 is 2.60 bits per heavy atom. The number of hydrogen-bond donors (Lipinski definition) is 3. The molecule has 0 saturated heterocycles. The average molecular weight is 426 g/mol. The number of aromatic nitrogens is 4. The van der Waals surface area contributed by atoms with Crippen LogP contribution >= 0.6 is 12.2 Å². The van der Waals surface area contributed by atoms with E-state index in [-0.39, 0.29) is 22.9 Å². The number of nitro groups is 1. The van der Waals surface area contributed by atoms with Crippen molar-refractivity contribution in [3.63, 3.8) is 0 Å². The zero-order valence-electron chi connectivity index (χ0n) is 15.2. The van der Waals surface area contributed by atoms with Crippen LogP contribution in [-0.2, 0) is 11.3 Å². The summed E-state index contributed by atoms with van der Waals surface area (Å²) in [6, 6.07) is 14.3. The molecule has 3 aromatic rings. The van der Waals surface area contributed by atoms with Gasteiger partial charge in [-0.3, -0.25) is 35.9 Å². The molecule has 0 bridgehead atoms. The third-order valence-electron chi connectivity index (χ3n) is 3.63. The Labute approximate surface area is 174 Å². The lowest BCUT2D eigenvalue weighted by atomic mass is 10.2. The van der Waals surface area contributed by atoms with Crippen molar-refractivity contribution in [2.24, 2.45) is 0 Å². The van der Waals surface area contributed by atoms with Crippen LogP contribution in [0.15, 0.2) is 54.6 Å². The Kier molecular flexibility index (Phi) is 6.34. The number of nitrogens with zero attached hydrogens (tertiary/aromatic N) is 5. The number of nitrogens with one attached hydrogen (secondary N) is 3. The number of hydrazine groups is 1. The molecule has 0 aliphatic rings. The molecule has 3 N–H and O–H groups in total. The standard InChI is InChI=1S/C17H14N8O4S/c26-14(10-24-22-15(20-23-24)11-5-2-1-3-6-11)19-21-17(30)18-16(27)12-7-4-8-13(9-12)25(28)29/h1-9H,10H2,(H,19,26)(H2,18,21,27,30). The van der Waals surface area contributed by atoms with Crippen molar-refractivity contribution in [3.8, 4) is 11.4 Å². The van der Waals surface area contributed by atoms with Crippen LogP contribution in [0.5, 0.6) is 0 Å². The first-order chi connectivity index (χ1) is 14.4. The Morgan fingerprint density at radius 1 is 1.10 bits per heavy atom. The highest BCUT2D eigenvalue weighted by atomic mass is 32.1. The van der Waals surface area contributed by atoms with Crippen molar-refractivity contribution >= 4 is 34.8 Å². The number of thiocarbonyl (C=S) groups is 1. The third-order valence-corrected chi connectivity index (χ3v) is 3.84. The lowest BCUT2D eigenvalue weighted by Gasteiger charge is -2.10. The van der Waals surface area contributed by atoms with Crippen LogP contribution in [0.3, 0.4) is 0 Å². The van der Waals surface area contributed by atoms with E-state index >= 15 is 0 Å². The molecule has 13 heteroatoms. The van der Waals surface area contributed by atoms with Gasteiger partial charge in [0.15, 0.2) is 5.11 Å². The first kappa shape index (κ1) is 20.5. The van der Waals surface area contributed by atoms with Crippen LogP contribution in [0.4, 0.5) is 5.69 Å². The third kappa shape index (κ3) is 5.39. The molecule has 0 aliphatic carbocycles. The summed E-state index contributed by atoms with van der Waals surface area (Å²) < 4.78 is 0. The lowest BCUT2D eigenvalue weighted by Crippen LogP contribution is -2.49. The van der Waals surface area contributed by atoms with Gasteiger partial charge in [-0.05, 0) is 23.5 Å². The van der Waals surface area contributed by atoms with E-state index in [1.54, 1.807) is 0 Å². The highest BCUT2D eigenvalue weighted by molar-refractivity contribution is 7.80. The van der Waals surface area contributed by atoms with E-state index in [2.05, 4.69) is 31.6 Å². The van der Waals surface area contributed by atoms with Gasteiger partial charge in [0, 0.05) is 23.3 Å². The summed E-state index contributed by atoms with van der Waals surface area (Å²) in [5, 5.41) is 24.7. The predicted octanol–water partition coefficient (Wildman–Crippen LogP) is 0.584. The molecular formula is C17H14N8O4S. The number of carbonyl (C=O) groups excluding carboxylic acids is 2. The maximum atomic E-state index is 12.1. The zero-order valence-corrected chi connectivity index (χ0v) is 16.0. The van der Waals surface area contributed by atoms with Gasteiger partial charge >= 0.3 is 0 Å². The van der Waals surface area contributed by atoms with E-state index in [1.165, 1.54) is 18.2 Å². The molecule has 30 heavy (non-hydrogen) atoms. The SMILES string of the molecule is O=C(Cn1nnc(-c2ccccc2)n1)NNC(=S)NC(=O)c1cccc([N+](=O)[O-])c1. The topological polar surface area (TPSA) is 157 Å². The van der Waals surface area contributed by atoms with Crippen LogP contribution in [-0.4, -0.2) is 42.1 Å². The summed E-state index contributed by atoms with van der Waals surface area (Å²) in [7, 11) is 0.